The molecule has 0 bridgehead atoms. The molecule has 0 aromatic carbocycles. The molecule has 2 fully saturated rings. The minimum absolute atomic E-state index is 0.108. The van der Waals surface area contributed by atoms with E-state index in [1.807, 2.05) is 4.90 Å². The lowest BCUT2D eigenvalue weighted by Gasteiger charge is -2.30. The van der Waals surface area contributed by atoms with E-state index in [9.17, 15) is 4.79 Å². The number of rotatable bonds is 5. The highest BCUT2D eigenvalue weighted by Crippen LogP contribution is 2.37. The number of ether oxygens (including phenoxy) is 1. The molecule has 1 saturated carbocycles. The standard InChI is InChI=1S/C22H36N4O2/c1-3-24(4-2)22(27)25-13-8-11-20(25)21-18-16-28-14-12-19(18)26(23-21)15-17-9-6-5-7-10-17/h17,20H,3-16H2,1-2H3. The number of carbonyl (C=O) groups excluding carboxylic acids is 1. The van der Waals surface area contributed by atoms with E-state index in [1.165, 1.54) is 43.4 Å². The molecule has 156 valence electrons. The third-order valence-corrected chi connectivity index (χ3v) is 6.93. The molecule has 2 aliphatic heterocycles. The fourth-order valence-electron chi connectivity index (χ4n) is 5.32. The Kier molecular flexibility index (Phi) is 6.24. The Morgan fingerprint density at radius 3 is 2.68 bits per heavy atom. The highest BCUT2D eigenvalue weighted by Gasteiger charge is 2.37. The van der Waals surface area contributed by atoms with E-state index >= 15 is 0 Å². The predicted molar refractivity (Wildman–Crippen MR) is 109 cm³/mol. The van der Waals surface area contributed by atoms with Crippen molar-refractivity contribution >= 4 is 6.03 Å². The van der Waals surface area contributed by atoms with E-state index in [-0.39, 0.29) is 12.1 Å². The maximum atomic E-state index is 13.1. The van der Waals surface area contributed by atoms with Crippen LogP contribution in [0.15, 0.2) is 0 Å². The van der Waals surface area contributed by atoms with Crippen LogP contribution in [0.5, 0.6) is 0 Å². The van der Waals surface area contributed by atoms with Gasteiger partial charge in [0.2, 0.25) is 0 Å². The summed E-state index contributed by atoms with van der Waals surface area (Å²) < 4.78 is 8.11. The van der Waals surface area contributed by atoms with Crippen molar-refractivity contribution in [2.24, 2.45) is 5.92 Å². The Morgan fingerprint density at radius 1 is 1.14 bits per heavy atom. The monoisotopic (exact) mass is 388 g/mol. The summed E-state index contributed by atoms with van der Waals surface area (Å²) in [5.41, 5.74) is 3.75. The van der Waals surface area contributed by atoms with Gasteiger partial charge in [-0.05, 0) is 45.4 Å². The predicted octanol–water partition coefficient (Wildman–Crippen LogP) is 4.13. The van der Waals surface area contributed by atoms with Crippen LogP contribution in [-0.4, -0.2) is 51.9 Å². The summed E-state index contributed by atoms with van der Waals surface area (Å²) in [7, 11) is 0. The van der Waals surface area contributed by atoms with E-state index in [4.69, 9.17) is 9.84 Å². The second kappa shape index (κ2) is 8.85. The number of likely N-dealkylation sites (tertiary alicyclic amines) is 1. The Balaban J connectivity index is 1.60. The van der Waals surface area contributed by atoms with Crippen LogP contribution in [0, 0.1) is 5.92 Å². The number of fused-ring (bicyclic) bond motifs is 1. The van der Waals surface area contributed by atoms with Crippen molar-refractivity contribution < 1.29 is 9.53 Å². The van der Waals surface area contributed by atoms with Crippen LogP contribution in [0.3, 0.4) is 0 Å². The molecule has 1 aliphatic carbocycles. The second-order valence-electron chi connectivity index (χ2n) is 8.61. The first-order valence-electron chi connectivity index (χ1n) is 11.4. The second-order valence-corrected chi connectivity index (χ2v) is 8.61. The van der Waals surface area contributed by atoms with Gasteiger partial charge in [-0.2, -0.15) is 5.10 Å². The molecule has 0 spiro atoms. The number of hydrogen-bond donors (Lipinski definition) is 0. The molecule has 1 saturated heterocycles. The normalized spacial score (nSPS) is 23.1. The van der Waals surface area contributed by atoms with Crippen molar-refractivity contribution in [3.63, 3.8) is 0 Å². The molecule has 2 amide bonds. The van der Waals surface area contributed by atoms with E-state index < -0.39 is 0 Å². The van der Waals surface area contributed by atoms with E-state index in [2.05, 4.69) is 23.4 Å². The first kappa shape index (κ1) is 19.7. The summed E-state index contributed by atoms with van der Waals surface area (Å²) in [5, 5.41) is 5.14. The molecule has 1 aromatic heterocycles. The zero-order valence-corrected chi connectivity index (χ0v) is 17.7. The van der Waals surface area contributed by atoms with Crippen molar-refractivity contribution in [3.8, 4) is 0 Å². The van der Waals surface area contributed by atoms with E-state index in [0.29, 0.717) is 6.61 Å². The van der Waals surface area contributed by atoms with Crippen molar-refractivity contribution in [2.45, 2.75) is 84.4 Å². The molecule has 0 N–H and O–H groups in total. The van der Waals surface area contributed by atoms with Gasteiger partial charge in [-0.1, -0.05) is 19.3 Å². The highest BCUT2D eigenvalue weighted by atomic mass is 16.5. The van der Waals surface area contributed by atoms with Crippen molar-refractivity contribution in [1.29, 1.82) is 0 Å². The highest BCUT2D eigenvalue weighted by molar-refractivity contribution is 5.75. The molecule has 6 heteroatoms. The van der Waals surface area contributed by atoms with Gasteiger partial charge in [-0.25, -0.2) is 4.79 Å². The Bertz CT molecular complexity index is 676. The number of hydrogen-bond acceptors (Lipinski definition) is 3. The zero-order chi connectivity index (χ0) is 19.5. The number of urea groups is 1. The molecule has 3 aliphatic rings. The van der Waals surface area contributed by atoms with Crippen LogP contribution in [0.2, 0.25) is 0 Å². The summed E-state index contributed by atoms with van der Waals surface area (Å²) in [5.74, 6) is 0.755. The largest absolute Gasteiger partial charge is 0.376 e. The summed E-state index contributed by atoms with van der Waals surface area (Å²) in [4.78, 5) is 17.1. The maximum Gasteiger partial charge on any atom is 0.320 e. The smallest absolute Gasteiger partial charge is 0.320 e. The van der Waals surface area contributed by atoms with Gasteiger partial charge in [-0.3, -0.25) is 4.68 Å². The zero-order valence-electron chi connectivity index (χ0n) is 17.7. The minimum Gasteiger partial charge on any atom is -0.376 e. The number of amides is 2. The molecule has 1 aromatic rings. The van der Waals surface area contributed by atoms with Gasteiger partial charge < -0.3 is 14.5 Å². The van der Waals surface area contributed by atoms with Crippen LogP contribution in [-0.2, 0) is 24.3 Å². The van der Waals surface area contributed by atoms with Gasteiger partial charge in [-0.15, -0.1) is 0 Å². The van der Waals surface area contributed by atoms with Crippen LogP contribution in [0.25, 0.3) is 0 Å². The molecule has 6 nitrogen and oxygen atoms in total. The maximum absolute atomic E-state index is 13.1. The van der Waals surface area contributed by atoms with Gasteiger partial charge in [0.1, 0.15) is 0 Å². The van der Waals surface area contributed by atoms with Crippen LogP contribution in [0.4, 0.5) is 4.79 Å². The van der Waals surface area contributed by atoms with Crippen molar-refractivity contribution in [1.82, 2.24) is 19.6 Å². The fourth-order valence-corrected chi connectivity index (χ4v) is 5.32. The van der Waals surface area contributed by atoms with Gasteiger partial charge in [0.25, 0.3) is 0 Å². The Labute approximate surface area is 169 Å². The third-order valence-electron chi connectivity index (χ3n) is 6.93. The topological polar surface area (TPSA) is 50.6 Å². The lowest BCUT2D eigenvalue weighted by Crippen LogP contribution is -2.42. The van der Waals surface area contributed by atoms with E-state index in [1.54, 1.807) is 0 Å². The summed E-state index contributed by atoms with van der Waals surface area (Å²) in [6.45, 7) is 8.95. The number of aromatic nitrogens is 2. The van der Waals surface area contributed by atoms with Crippen molar-refractivity contribution in [2.75, 3.05) is 26.2 Å². The van der Waals surface area contributed by atoms with Gasteiger partial charge in [0.15, 0.2) is 0 Å². The summed E-state index contributed by atoms with van der Waals surface area (Å²) in [6.07, 6.45) is 9.79. The van der Waals surface area contributed by atoms with Crippen LogP contribution in [0.1, 0.15) is 81.8 Å². The van der Waals surface area contributed by atoms with Gasteiger partial charge in [0, 0.05) is 43.9 Å². The number of nitrogens with zero attached hydrogens (tertiary/aromatic N) is 4. The SMILES string of the molecule is CCN(CC)C(=O)N1CCCC1c1nn(CC2CCCCC2)c2c1COCC2. The van der Waals surface area contributed by atoms with Gasteiger partial charge in [0.05, 0.1) is 24.9 Å². The quantitative estimate of drug-likeness (QED) is 0.762. The van der Waals surface area contributed by atoms with Crippen molar-refractivity contribution in [3.05, 3.63) is 17.0 Å². The molecule has 4 rings (SSSR count). The van der Waals surface area contributed by atoms with E-state index in [0.717, 1.165) is 63.7 Å². The first-order chi connectivity index (χ1) is 13.7. The Morgan fingerprint density at radius 2 is 1.93 bits per heavy atom. The molecule has 0 radical (unpaired) electrons. The van der Waals surface area contributed by atoms with Gasteiger partial charge >= 0.3 is 6.03 Å². The molecular formula is C22H36N4O2. The summed E-state index contributed by atoms with van der Waals surface area (Å²) in [6, 6.07) is 0.274. The summed E-state index contributed by atoms with van der Waals surface area (Å²) >= 11 is 0. The minimum atomic E-state index is 0.108. The molecular weight excluding hydrogens is 352 g/mol. The molecule has 1 atom stereocenters. The number of carbonyl (C=O) groups is 1. The lowest BCUT2D eigenvalue weighted by molar-refractivity contribution is 0.106. The Hall–Kier alpha value is -1.56. The average Bonchev–Trinajstić information content (AvgIpc) is 3.35. The lowest BCUT2D eigenvalue weighted by atomic mass is 9.89. The third kappa shape index (κ3) is 3.80. The average molecular weight is 389 g/mol. The molecule has 28 heavy (non-hydrogen) atoms. The van der Waals surface area contributed by atoms with Crippen LogP contribution >= 0.6 is 0 Å². The fraction of sp³-hybridized carbons (Fsp3) is 0.818. The molecule has 3 heterocycles. The molecule has 1 unspecified atom stereocenters. The van der Waals surface area contributed by atoms with Crippen LogP contribution < -0.4 is 0 Å². The first-order valence-corrected chi connectivity index (χ1v) is 11.4.